The number of aryl methyl sites for hydroxylation is 1. The van der Waals surface area contributed by atoms with Gasteiger partial charge in [-0.25, -0.2) is 4.79 Å². The maximum atomic E-state index is 11.7. The van der Waals surface area contributed by atoms with E-state index in [2.05, 4.69) is 10.6 Å². The SMILES string of the molecule is Cc1ccc(O)c(NC(=O)NCOc2ccc(Cl)cc2Cl)c1. The van der Waals surface area contributed by atoms with Crippen LogP contribution in [0.15, 0.2) is 36.4 Å². The van der Waals surface area contributed by atoms with Crippen LogP contribution in [0.4, 0.5) is 10.5 Å². The predicted octanol–water partition coefficient (Wildman–Crippen LogP) is 4.17. The largest absolute Gasteiger partial charge is 0.506 e. The maximum Gasteiger partial charge on any atom is 0.321 e. The molecule has 3 N–H and O–H groups in total. The molecule has 0 heterocycles. The van der Waals surface area contributed by atoms with Crippen molar-refractivity contribution in [1.82, 2.24) is 5.32 Å². The number of urea groups is 1. The molecule has 0 aliphatic heterocycles. The molecule has 2 amide bonds. The Morgan fingerprint density at radius 2 is 2.00 bits per heavy atom. The summed E-state index contributed by atoms with van der Waals surface area (Å²) >= 11 is 11.7. The molecular weight excluding hydrogens is 327 g/mol. The molecule has 2 aromatic carbocycles. The molecule has 2 rings (SSSR count). The Bertz CT molecular complexity index is 692. The van der Waals surface area contributed by atoms with Gasteiger partial charge in [-0.3, -0.25) is 0 Å². The van der Waals surface area contributed by atoms with E-state index in [-0.39, 0.29) is 12.5 Å². The highest BCUT2D eigenvalue weighted by molar-refractivity contribution is 6.35. The first-order valence-corrected chi connectivity index (χ1v) is 7.13. The zero-order valence-electron chi connectivity index (χ0n) is 11.7. The molecule has 7 heteroatoms. The lowest BCUT2D eigenvalue weighted by Gasteiger charge is -2.11. The van der Waals surface area contributed by atoms with Gasteiger partial charge in [0.2, 0.25) is 0 Å². The first-order chi connectivity index (χ1) is 10.5. The van der Waals surface area contributed by atoms with Crippen molar-refractivity contribution in [2.75, 3.05) is 12.0 Å². The molecule has 0 saturated heterocycles. The second-order valence-corrected chi connectivity index (χ2v) is 5.36. The Kier molecular flexibility index (Phi) is 5.35. The normalized spacial score (nSPS) is 10.1. The van der Waals surface area contributed by atoms with Crippen LogP contribution in [0.5, 0.6) is 11.5 Å². The first kappa shape index (κ1) is 16.3. The third kappa shape index (κ3) is 4.44. The molecule has 0 unspecified atom stereocenters. The fourth-order valence-corrected chi connectivity index (χ4v) is 2.15. The minimum atomic E-state index is -0.508. The molecule has 22 heavy (non-hydrogen) atoms. The van der Waals surface area contributed by atoms with Crippen LogP contribution in [-0.2, 0) is 0 Å². The van der Waals surface area contributed by atoms with Crippen molar-refractivity contribution in [3.63, 3.8) is 0 Å². The van der Waals surface area contributed by atoms with Crippen molar-refractivity contribution in [1.29, 1.82) is 0 Å². The van der Waals surface area contributed by atoms with Gasteiger partial charge in [-0.2, -0.15) is 0 Å². The molecule has 0 aromatic heterocycles. The van der Waals surface area contributed by atoms with Gasteiger partial charge in [0.15, 0.2) is 6.73 Å². The number of hydrogen-bond acceptors (Lipinski definition) is 3. The van der Waals surface area contributed by atoms with Crippen LogP contribution in [0.2, 0.25) is 10.0 Å². The maximum absolute atomic E-state index is 11.7. The first-order valence-electron chi connectivity index (χ1n) is 6.38. The van der Waals surface area contributed by atoms with Gasteiger partial charge >= 0.3 is 6.03 Å². The number of anilines is 1. The predicted molar refractivity (Wildman–Crippen MR) is 87.0 cm³/mol. The van der Waals surface area contributed by atoms with Crippen LogP contribution in [0.3, 0.4) is 0 Å². The van der Waals surface area contributed by atoms with Gasteiger partial charge < -0.3 is 20.5 Å². The zero-order chi connectivity index (χ0) is 16.1. The summed E-state index contributed by atoms with van der Waals surface area (Å²) in [5.74, 6) is 0.396. The number of amides is 2. The molecule has 0 fully saturated rings. The fraction of sp³-hybridized carbons (Fsp3) is 0.133. The molecule has 0 bridgehead atoms. The summed E-state index contributed by atoms with van der Waals surface area (Å²) in [6.07, 6.45) is 0. The highest BCUT2D eigenvalue weighted by atomic mass is 35.5. The van der Waals surface area contributed by atoms with E-state index in [0.29, 0.717) is 21.5 Å². The van der Waals surface area contributed by atoms with E-state index in [0.717, 1.165) is 5.56 Å². The van der Waals surface area contributed by atoms with Crippen LogP contribution >= 0.6 is 23.2 Å². The van der Waals surface area contributed by atoms with Gasteiger partial charge in [0.1, 0.15) is 11.5 Å². The van der Waals surface area contributed by atoms with Crippen molar-refractivity contribution in [3.05, 3.63) is 52.0 Å². The van der Waals surface area contributed by atoms with Crippen LogP contribution in [-0.4, -0.2) is 17.9 Å². The molecule has 0 spiro atoms. The molecule has 2 aromatic rings. The Labute approximate surface area is 137 Å². The number of phenolic OH excluding ortho intramolecular Hbond substituents is 1. The molecule has 0 aliphatic carbocycles. The van der Waals surface area contributed by atoms with Crippen LogP contribution < -0.4 is 15.4 Å². The third-order valence-electron chi connectivity index (χ3n) is 2.75. The summed E-state index contributed by atoms with van der Waals surface area (Å²) in [6, 6.07) is 9.18. The Balaban J connectivity index is 1.86. The summed E-state index contributed by atoms with van der Waals surface area (Å²) < 4.78 is 5.33. The standard InChI is InChI=1S/C15H14Cl2N2O3/c1-9-2-4-13(20)12(6-9)19-15(21)18-8-22-14-5-3-10(16)7-11(14)17/h2-7,20H,8H2,1H3,(H2,18,19,21). The molecule has 116 valence electrons. The second-order valence-electron chi connectivity index (χ2n) is 4.51. The van der Waals surface area contributed by atoms with Crippen LogP contribution in [0, 0.1) is 6.92 Å². The van der Waals surface area contributed by atoms with E-state index in [1.165, 1.54) is 6.07 Å². The van der Waals surface area contributed by atoms with Crippen molar-refractivity contribution >= 4 is 34.9 Å². The molecule has 0 saturated carbocycles. The quantitative estimate of drug-likeness (QED) is 0.577. The average molecular weight is 341 g/mol. The highest BCUT2D eigenvalue weighted by Crippen LogP contribution is 2.27. The van der Waals surface area contributed by atoms with E-state index < -0.39 is 6.03 Å². The zero-order valence-corrected chi connectivity index (χ0v) is 13.2. The summed E-state index contributed by atoms with van der Waals surface area (Å²) in [6.45, 7) is 1.77. The lowest BCUT2D eigenvalue weighted by molar-refractivity contribution is 0.234. The van der Waals surface area contributed by atoms with Gasteiger partial charge in [0.25, 0.3) is 0 Å². The van der Waals surface area contributed by atoms with Crippen molar-refractivity contribution < 1.29 is 14.6 Å². The number of carbonyl (C=O) groups excluding carboxylic acids is 1. The second kappa shape index (κ2) is 7.24. The molecule has 0 atom stereocenters. The number of ether oxygens (including phenoxy) is 1. The number of rotatable bonds is 4. The van der Waals surface area contributed by atoms with Crippen LogP contribution in [0.1, 0.15) is 5.56 Å². The molecular formula is C15H14Cl2N2O3. The van der Waals surface area contributed by atoms with Crippen molar-refractivity contribution in [2.45, 2.75) is 6.92 Å². The molecule has 0 aliphatic rings. The van der Waals surface area contributed by atoms with Gasteiger partial charge in [-0.15, -0.1) is 0 Å². The Morgan fingerprint density at radius 1 is 1.23 bits per heavy atom. The van der Waals surface area contributed by atoms with Gasteiger partial charge in [0, 0.05) is 5.02 Å². The van der Waals surface area contributed by atoms with Gasteiger partial charge in [-0.05, 0) is 42.8 Å². The Morgan fingerprint density at radius 3 is 2.73 bits per heavy atom. The van der Waals surface area contributed by atoms with E-state index >= 15 is 0 Å². The number of hydrogen-bond donors (Lipinski definition) is 3. The topological polar surface area (TPSA) is 70.6 Å². The molecule has 5 nitrogen and oxygen atoms in total. The number of carbonyl (C=O) groups is 1. The van der Waals surface area contributed by atoms with Gasteiger partial charge in [0.05, 0.1) is 10.7 Å². The van der Waals surface area contributed by atoms with Crippen LogP contribution in [0.25, 0.3) is 0 Å². The van der Waals surface area contributed by atoms with Crippen molar-refractivity contribution in [2.24, 2.45) is 0 Å². The summed E-state index contributed by atoms with van der Waals surface area (Å²) in [7, 11) is 0. The smallest absolute Gasteiger partial charge is 0.321 e. The number of halogens is 2. The number of phenols is 1. The number of benzene rings is 2. The van der Waals surface area contributed by atoms with Crippen molar-refractivity contribution in [3.8, 4) is 11.5 Å². The summed E-state index contributed by atoms with van der Waals surface area (Å²) in [5.41, 5.74) is 1.24. The highest BCUT2D eigenvalue weighted by Gasteiger charge is 2.07. The number of aromatic hydroxyl groups is 1. The minimum Gasteiger partial charge on any atom is -0.506 e. The summed E-state index contributed by atoms with van der Waals surface area (Å²) in [4.78, 5) is 11.7. The summed E-state index contributed by atoms with van der Waals surface area (Å²) in [5, 5.41) is 15.5. The lowest BCUT2D eigenvalue weighted by atomic mass is 10.2. The third-order valence-corrected chi connectivity index (χ3v) is 3.29. The number of nitrogens with one attached hydrogen (secondary N) is 2. The van der Waals surface area contributed by atoms with E-state index in [1.54, 1.807) is 30.3 Å². The van der Waals surface area contributed by atoms with Gasteiger partial charge in [-0.1, -0.05) is 29.3 Å². The van der Waals surface area contributed by atoms with E-state index in [1.807, 2.05) is 6.92 Å². The monoisotopic (exact) mass is 340 g/mol. The van der Waals surface area contributed by atoms with E-state index in [4.69, 9.17) is 27.9 Å². The Hall–Kier alpha value is -2.11. The van der Waals surface area contributed by atoms with E-state index in [9.17, 15) is 9.90 Å². The fourth-order valence-electron chi connectivity index (χ4n) is 1.69. The lowest BCUT2D eigenvalue weighted by Crippen LogP contribution is -2.32. The molecule has 0 radical (unpaired) electrons. The average Bonchev–Trinajstić information content (AvgIpc) is 2.45. The minimum absolute atomic E-state index is 0.0117.